The number of likely N-dealkylation sites (tertiary alicyclic amines) is 1. The lowest BCUT2D eigenvalue weighted by Gasteiger charge is -2.35. The van der Waals surface area contributed by atoms with Crippen molar-refractivity contribution in [1.29, 1.82) is 0 Å². The molecule has 0 aliphatic carbocycles. The van der Waals surface area contributed by atoms with E-state index in [2.05, 4.69) is 0 Å². The van der Waals surface area contributed by atoms with E-state index in [1.165, 1.54) is 18.2 Å². The molecule has 1 N–H and O–H groups in total. The van der Waals surface area contributed by atoms with Gasteiger partial charge in [0.2, 0.25) is 0 Å². The maximum atomic E-state index is 12.7. The zero-order valence-corrected chi connectivity index (χ0v) is 14.6. The number of carboxylic acids is 1. The van der Waals surface area contributed by atoms with Crippen molar-refractivity contribution < 1.29 is 24.4 Å². The first-order valence-corrected chi connectivity index (χ1v) is 8.77. The van der Waals surface area contributed by atoms with Gasteiger partial charge in [0.05, 0.1) is 16.9 Å². The smallest absolute Gasteiger partial charge is 0.309 e. The molecule has 8 nitrogen and oxygen atoms in total. The first-order chi connectivity index (χ1) is 12.4. The quantitative estimate of drug-likeness (QED) is 0.650. The third-order valence-electron chi connectivity index (χ3n) is 5.40. The van der Waals surface area contributed by atoms with Gasteiger partial charge in [-0.1, -0.05) is 0 Å². The second kappa shape index (κ2) is 7.41. The van der Waals surface area contributed by atoms with Gasteiger partial charge in [-0.15, -0.1) is 0 Å². The standard InChI is InChI=1S/C18H22N2O6/c1-11-10-13(20(24)25)2-3-14(11)17(21)19-7-4-12(5-8-19)16-15(18(22)23)6-9-26-16/h2-3,10,12,15-16H,4-9H2,1H3,(H,22,23)/t15?,16-/m0/s1. The average molecular weight is 362 g/mol. The molecule has 140 valence electrons. The molecule has 1 amide bonds. The Labute approximate surface area is 150 Å². The lowest BCUT2D eigenvalue weighted by Crippen LogP contribution is -2.43. The fourth-order valence-corrected chi connectivity index (χ4v) is 3.94. The minimum absolute atomic E-state index is 0.0316. The molecule has 2 aliphatic rings. The number of nitro benzene ring substituents is 1. The van der Waals surface area contributed by atoms with Crippen LogP contribution in [0.5, 0.6) is 0 Å². The molecule has 1 aromatic rings. The molecule has 0 bridgehead atoms. The predicted molar refractivity (Wildman–Crippen MR) is 91.9 cm³/mol. The SMILES string of the molecule is Cc1cc([N+](=O)[O-])ccc1C(=O)N1CCC([C@@H]2OCCC2C(=O)O)CC1. The zero-order valence-electron chi connectivity index (χ0n) is 14.6. The van der Waals surface area contributed by atoms with Crippen molar-refractivity contribution in [2.75, 3.05) is 19.7 Å². The topological polar surface area (TPSA) is 110 Å². The van der Waals surface area contributed by atoms with Gasteiger partial charge < -0.3 is 14.7 Å². The van der Waals surface area contributed by atoms with E-state index in [4.69, 9.17) is 4.74 Å². The number of hydrogen-bond donors (Lipinski definition) is 1. The van der Waals surface area contributed by atoms with Crippen LogP contribution in [-0.2, 0) is 9.53 Å². The van der Waals surface area contributed by atoms with E-state index in [1.807, 2.05) is 0 Å². The molecule has 2 fully saturated rings. The number of benzene rings is 1. The Morgan fingerprint density at radius 1 is 1.27 bits per heavy atom. The van der Waals surface area contributed by atoms with Gasteiger partial charge in [-0.3, -0.25) is 19.7 Å². The third kappa shape index (κ3) is 3.55. The summed E-state index contributed by atoms with van der Waals surface area (Å²) in [5, 5.41) is 20.1. The van der Waals surface area contributed by atoms with Crippen LogP contribution in [0, 0.1) is 28.9 Å². The summed E-state index contributed by atoms with van der Waals surface area (Å²) in [6, 6.07) is 4.25. The largest absolute Gasteiger partial charge is 0.481 e. The van der Waals surface area contributed by atoms with Gasteiger partial charge in [0.1, 0.15) is 0 Å². The van der Waals surface area contributed by atoms with Crippen molar-refractivity contribution in [3.63, 3.8) is 0 Å². The van der Waals surface area contributed by atoms with Crippen molar-refractivity contribution in [3.8, 4) is 0 Å². The Kier molecular flexibility index (Phi) is 5.22. The molecule has 2 atom stereocenters. The average Bonchev–Trinajstić information content (AvgIpc) is 3.11. The normalized spacial score (nSPS) is 23.8. The highest BCUT2D eigenvalue weighted by Gasteiger charge is 2.40. The molecule has 0 saturated carbocycles. The summed E-state index contributed by atoms with van der Waals surface area (Å²) >= 11 is 0. The minimum atomic E-state index is -0.812. The number of nitrogens with zero attached hydrogens (tertiary/aromatic N) is 2. The van der Waals surface area contributed by atoms with Gasteiger partial charge in [0, 0.05) is 37.4 Å². The molecular weight excluding hydrogens is 340 g/mol. The van der Waals surface area contributed by atoms with E-state index in [0.717, 1.165) is 0 Å². The van der Waals surface area contributed by atoms with Crippen molar-refractivity contribution in [2.24, 2.45) is 11.8 Å². The Morgan fingerprint density at radius 2 is 1.96 bits per heavy atom. The number of hydrogen-bond acceptors (Lipinski definition) is 5. The van der Waals surface area contributed by atoms with Gasteiger partial charge in [-0.25, -0.2) is 0 Å². The molecule has 0 radical (unpaired) electrons. The van der Waals surface area contributed by atoms with Gasteiger partial charge in [-0.05, 0) is 43.7 Å². The van der Waals surface area contributed by atoms with E-state index in [1.54, 1.807) is 11.8 Å². The van der Waals surface area contributed by atoms with Gasteiger partial charge in [-0.2, -0.15) is 0 Å². The summed E-state index contributed by atoms with van der Waals surface area (Å²) in [5.41, 5.74) is 1.02. The maximum Gasteiger partial charge on any atom is 0.309 e. The van der Waals surface area contributed by atoms with Gasteiger partial charge >= 0.3 is 5.97 Å². The second-order valence-corrected chi connectivity index (χ2v) is 6.95. The molecule has 3 rings (SSSR count). The Hall–Kier alpha value is -2.48. The number of rotatable bonds is 4. The van der Waals surface area contributed by atoms with Crippen LogP contribution in [0.15, 0.2) is 18.2 Å². The molecule has 2 aliphatic heterocycles. The van der Waals surface area contributed by atoms with Crippen LogP contribution in [0.1, 0.15) is 35.2 Å². The van der Waals surface area contributed by atoms with Crippen LogP contribution in [0.25, 0.3) is 0 Å². The summed E-state index contributed by atoms with van der Waals surface area (Å²) in [6.45, 7) is 3.23. The highest BCUT2D eigenvalue weighted by atomic mass is 16.6. The molecule has 26 heavy (non-hydrogen) atoms. The number of ether oxygens (including phenoxy) is 1. The van der Waals surface area contributed by atoms with E-state index in [-0.39, 0.29) is 23.6 Å². The van der Waals surface area contributed by atoms with E-state index >= 15 is 0 Å². The zero-order chi connectivity index (χ0) is 18.8. The highest BCUT2D eigenvalue weighted by molar-refractivity contribution is 5.96. The maximum absolute atomic E-state index is 12.7. The fraction of sp³-hybridized carbons (Fsp3) is 0.556. The molecule has 0 spiro atoms. The summed E-state index contributed by atoms with van der Waals surface area (Å²) in [7, 11) is 0. The minimum Gasteiger partial charge on any atom is -0.481 e. The van der Waals surface area contributed by atoms with E-state index in [0.29, 0.717) is 50.1 Å². The molecule has 1 aromatic carbocycles. The Morgan fingerprint density at radius 3 is 2.54 bits per heavy atom. The molecule has 0 aromatic heterocycles. The van der Waals surface area contributed by atoms with Crippen molar-refractivity contribution in [2.45, 2.75) is 32.3 Å². The van der Waals surface area contributed by atoms with Crippen LogP contribution < -0.4 is 0 Å². The molecule has 8 heteroatoms. The van der Waals surface area contributed by atoms with Crippen LogP contribution in [0.4, 0.5) is 5.69 Å². The number of aryl methyl sites for hydroxylation is 1. The monoisotopic (exact) mass is 362 g/mol. The lowest BCUT2D eigenvalue weighted by atomic mass is 9.84. The second-order valence-electron chi connectivity index (χ2n) is 6.95. The van der Waals surface area contributed by atoms with Crippen LogP contribution >= 0.6 is 0 Å². The molecule has 1 unspecified atom stereocenters. The van der Waals surface area contributed by atoms with E-state index in [9.17, 15) is 24.8 Å². The number of amides is 1. The number of aliphatic carboxylic acids is 1. The number of piperidine rings is 1. The van der Waals surface area contributed by atoms with Crippen molar-refractivity contribution >= 4 is 17.6 Å². The number of carbonyl (C=O) groups excluding carboxylic acids is 1. The Balaban J connectivity index is 1.64. The lowest BCUT2D eigenvalue weighted by molar-refractivity contribution is -0.384. The van der Waals surface area contributed by atoms with Crippen molar-refractivity contribution in [1.82, 2.24) is 4.90 Å². The number of nitro groups is 1. The van der Waals surface area contributed by atoms with Crippen molar-refractivity contribution in [3.05, 3.63) is 39.4 Å². The summed E-state index contributed by atoms with van der Waals surface area (Å²) in [4.78, 5) is 36.1. The molecule has 2 saturated heterocycles. The number of non-ortho nitro benzene ring substituents is 1. The summed E-state index contributed by atoms with van der Waals surface area (Å²) < 4.78 is 5.65. The first-order valence-electron chi connectivity index (χ1n) is 8.77. The summed E-state index contributed by atoms with van der Waals surface area (Å²) in [5.74, 6) is -1.27. The Bertz CT molecular complexity index is 726. The highest BCUT2D eigenvalue weighted by Crippen LogP contribution is 2.33. The van der Waals surface area contributed by atoms with Crippen LogP contribution in [0.3, 0.4) is 0 Å². The summed E-state index contributed by atoms with van der Waals surface area (Å²) in [6.07, 6.45) is 1.67. The predicted octanol–water partition coefficient (Wildman–Crippen LogP) is 2.25. The van der Waals surface area contributed by atoms with E-state index < -0.39 is 16.8 Å². The first kappa shape index (κ1) is 18.3. The third-order valence-corrected chi connectivity index (χ3v) is 5.40. The van der Waals surface area contributed by atoms with Crippen LogP contribution in [-0.4, -0.2) is 52.6 Å². The van der Waals surface area contributed by atoms with Gasteiger partial charge in [0.15, 0.2) is 0 Å². The number of carbonyl (C=O) groups is 2. The van der Waals surface area contributed by atoms with Gasteiger partial charge in [0.25, 0.3) is 11.6 Å². The fourth-order valence-electron chi connectivity index (χ4n) is 3.94. The molecular formula is C18H22N2O6. The van der Waals surface area contributed by atoms with Crippen LogP contribution in [0.2, 0.25) is 0 Å². The number of carboxylic acid groups (broad SMARTS) is 1. The molecule has 2 heterocycles.